The summed E-state index contributed by atoms with van der Waals surface area (Å²) in [5.74, 6) is 1.11. The highest BCUT2D eigenvalue weighted by Gasteiger charge is 2.21. The van der Waals surface area contributed by atoms with Gasteiger partial charge in [0, 0.05) is 6.54 Å². The van der Waals surface area contributed by atoms with Crippen molar-refractivity contribution < 1.29 is 4.52 Å². The molecule has 3 heterocycles. The van der Waals surface area contributed by atoms with Gasteiger partial charge in [0.15, 0.2) is 5.82 Å². The van der Waals surface area contributed by atoms with E-state index in [9.17, 15) is 0 Å². The van der Waals surface area contributed by atoms with Crippen LogP contribution < -0.4 is 5.73 Å². The van der Waals surface area contributed by atoms with Gasteiger partial charge in [-0.15, -0.1) is 11.3 Å². The summed E-state index contributed by atoms with van der Waals surface area (Å²) >= 11 is 1.57. The Kier molecular flexibility index (Phi) is 4.32. The molecule has 3 rings (SSSR count). The fourth-order valence-electron chi connectivity index (χ4n) is 2.71. The molecule has 1 fully saturated rings. The first-order valence-electron chi connectivity index (χ1n) is 7.39. The lowest BCUT2D eigenvalue weighted by Crippen LogP contribution is -2.36. The van der Waals surface area contributed by atoms with E-state index in [1.807, 2.05) is 13.8 Å². The first-order chi connectivity index (χ1) is 10.1. The topological polar surface area (TPSA) is 81.1 Å². The van der Waals surface area contributed by atoms with Crippen molar-refractivity contribution in [3.05, 3.63) is 16.5 Å². The molecular formula is C14H21N5OS. The molecule has 1 unspecified atom stereocenters. The van der Waals surface area contributed by atoms with Crippen molar-refractivity contribution in [3.63, 3.8) is 0 Å². The number of likely N-dealkylation sites (tertiary alicyclic amines) is 1. The summed E-state index contributed by atoms with van der Waals surface area (Å²) in [6.07, 6.45) is 3.83. The number of thiazole rings is 1. The molecule has 0 radical (unpaired) electrons. The van der Waals surface area contributed by atoms with E-state index in [4.69, 9.17) is 10.3 Å². The summed E-state index contributed by atoms with van der Waals surface area (Å²) in [6.45, 7) is 6.95. The molecule has 0 spiro atoms. The summed E-state index contributed by atoms with van der Waals surface area (Å²) < 4.78 is 5.37. The van der Waals surface area contributed by atoms with Crippen LogP contribution in [0.25, 0.3) is 10.8 Å². The van der Waals surface area contributed by atoms with Gasteiger partial charge in [0.05, 0.1) is 16.7 Å². The van der Waals surface area contributed by atoms with Gasteiger partial charge in [0.25, 0.3) is 5.89 Å². The van der Waals surface area contributed by atoms with Gasteiger partial charge in [0.1, 0.15) is 4.88 Å². The van der Waals surface area contributed by atoms with E-state index in [0.29, 0.717) is 11.7 Å². The largest absolute Gasteiger partial charge is 0.333 e. The molecular weight excluding hydrogens is 286 g/mol. The van der Waals surface area contributed by atoms with E-state index in [0.717, 1.165) is 35.2 Å². The summed E-state index contributed by atoms with van der Waals surface area (Å²) in [5, 5.41) is 5.05. The number of hydrogen-bond acceptors (Lipinski definition) is 7. The SMILES string of the molecule is Cc1nc(C)c(-c2nc(C(N)CN3CCCCC3)no2)s1. The smallest absolute Gasteiger partial charge is 0.269 e. The third-order valence-electron chi connectivity index (χ3n) is 3.77. The molecule has 21 heavy (non-hydrogen) atoms. The Labute approximate surface area is 128 Å². The third-order valence-corrected chi connectivity index (χ3v) is 4.84. The van der Waals surface area contributed by atoms with Crippen molar-refractivity contribution in [2.75, 3.05) is 19.6 Å². The lowest BCUT2D eigenvalue weighted by atomic mass is 10.1. The maximum atomic E-state index is 6.22. The number of hydrogen-bond donors (Lipinski definition) is 1. The first kappa shape index (κ1) is 14.6. The molecule has 1 aliphatic rings. The summed E-state index contributed by atoms with van der Waals surface area (Å²) in [4.78, 5) is 12.2. The highest BCUT2D eigenvalue weighted by Crippen LogP contribution is 2.28. The van der Waals surface area contributed by atoms with Crippen molar-refractivity contribution in [3.8, 4) is 10.8 Å². The number of piperidine rings is 1. The molecule has 2 aromatic heterocycles. The molecule has 0 aliphatic carbocycles. The van der Waals surface area contributed by atoms with E-state index in [-0.39, 0.29) is 6.04 Å². The quantitative estimate of drug-likeness (QED) is 0.933. The van der Waals surface area contributed by atoms with Crippen LogP contribution in [0.1, 0.15) is 41.8 Å². The van der Waals surface area contributed by atoms with Crippen molar-refractivity contribution in [2.24, 2.45) is 5.73 Å². The molecule has 1 aliphatic heterocycles. The van der Waals surface area contributed by atoms with Crippen LogP contribution in [-0.2, 0) is 0 Å². The van der Waals surface area contributed by atoms with Crippen LogP contribution in [0.4, 0.5) is 0 Å². The highest BCUT2D eigenvalue weighted by molar-refractivity contribution is 7.15. The number of aryl methyl sites for hydroxylation is 2. The molecule has 0 amide bonds. The minimum absolute atomic E-state index is 0.199. The first-order valence-corrected chi connectivity index (χ1v) is 8.21. The summed E-state index contributed by atoms with van der Waals surface area (Å²) in [6, 6.07) is -0.199. The van der Waals surface area contributed by atoms with E-state index in [2.05, 4.69) is 20.0 Å². The van der Waals surface area contributed by atoms with Gasteiger partial charge >= 0.3 is 0 Å². The van der Waals surface area contributed by atoms with E-state index < -0.39 is 0 Å². The van der Waals surface area contributed by atoms with Gasteiger partial charge in [0.2, 0.25) is 0 Å². The monoisotopic (exact) mass is 307 g/mol. The predicted molar refractivity (Wildman–Crippen MR) is 82.1 cm³/mol. The Bertz CT molecular complexity index is 602. The highest BCUT2D eigenvalue weighted by atomic mass is 32.1. The van der Waals surface area contributed by atoms with Crippen LogP contribution >= 0.6 is 11.3 Å². The van der Waals surface area contributed by atoms with Gasteiger partial charge in [-0.25, -0.2) is 4.98 Å². The van der Waals surface area contributed by atoms with Crippen LogP contribution in [0.2, 0.25) is 0 Å². The van der Waals surface area contributed by atoms with Crippen LogP contribution in [0.3, 0.4) is 0 Å². The van der Waals surface area contributed by atoms with Gasteiger partial charge in [-0.2, -0.15) is 4.98 Å². The van der Waals surface area contributed by atoms with Crippen molar-refractivity contribution in [1.29, 1.82) is 0 Å². The normalized spacial score (nSPS) is 18.0. The zero-order valence-corrected chi connectivity index (χ0v) is 13.3. The summed E-state index contributed by atoms with van der Waals surface area (Å²) in [7, 11) is 0. The second kappa shape index (κ2) is 6.21. The van der Waals surface area contributed by atoms with E-state index in [1.54, 1.807) is 11.3 Å². The molecule has 0 saturated carbocycles. The Balaban J connectivity index is 1.70. The zero-order chi connectivity index (χ0) is 14.8. The molecule has 2 N–H and O–H groups in total. The minimum atomic E-state index is -0.199. The Morgan fingerprint density at radius 2 is 2.00 bits per heavy atom. The van der Waals surface area contributed by atoms with Gasteiger partial charge in [-0.3, -0.25) is 0 Å². The van der Waals surface area contributed by atoms with Gasteiger partial charge < -0.3 is 15.2 Å². The minimum Gasteiger partial charge on any atom is -0.333 e. The maximum absolute atomic E-state index is 6.22. The summed E-state index contributed by atoms with van der Waals surface area (Å²) in [5.41, 5.74) is 7.15. The van der Waals surface area contributed by atoms with Crippen LogP contribution in [-0.4, -0.2) is 39.7 Å². The molecule has 7 heteroatoms. The van der Waals surface area contributed by atoms with Gasteiger partial charge in [-0.1, -0.05) is 11.6 Å². The number of nitrogens with zero attached hydrogens (tertiary/aromatic N) is 4. The molecule has 0 aromatic carbocycles. The molecule has 1 saturated heterocycles. The lowest BCUT2D eigenvalue weighted by Gasteiger charge is -2.27. The number of nitrogens with two attached hydrogens (primary N) is 1. The molecule has 6 nitrogen and oxygen atoms in total. The van der Waals surface area contributed by atoms with Crippen LogP contribution in [0.5, 0.6) is 0 Å². The third kappa shape index (κ3) is 3.30. The Morgan fingerprint density at radius 3 is 2.67 bits per heavy atom. The number of rotatable bonds is 4. The average Bonchev–Trinajstić information content (AvgIpc) is 3.06. The fraction of sp³-hybridized carbons (Fsp3) is 0.643. The van der Waals surface area contributed by atoms with E-state index in [1.165, 1.54) is 19.3 Å². The second-order valence-electron chi connectivity index (χ2n) is 5.57. The molecule has 0 bridgehead atoms. The standard InChI is InChI=1S/C14H21N5OS/c1-9-12(21-10(2)16-9)14-17-13(18-20-14)11(15)8-19-6-4-3-5-7-19/h11H,3-8,15H2,1-2H3. The molecule has 1 atom stereocenters. The van der Waals surface area contributed by atoms with Crippen LogP contribution in [0, 0.1) is 13.8 Å². The molecule has 2 aromatic rings. The van der Waals surface area contributed by atoms with Crippen LogP contribution in [0.15, 0.2) is 4.52 Å². The predicted octanol–water partition coefficient (Wildman–Crippen LogP) is 2.30. The van der Waals surface area contributed by atoms with Crippen molar-refractivity contribution in [2.45, 2.75) is 39.2 Å². The maximum Gasteiger partial charge on any atom is 0.269 e. The average molecular weight is 307 g/mol. The molecule has 114 valence electrons. The van der Waals surface area contributed by atoms with E-state index >= 15 is 0 Å². The fourth-order valence-corrected chi connectivity index (χ4v) is 3.55. The second-order valence-corrected chi connectivity index (χ2v) is 6.78. The Hall–Kier alpha value is -1.31. The lowest BCUT2D eigenvalue weighted by molar-refractivity contribution is 0.213. The zero-order valence-electron chi connectivity index (χ0n) is 12.5. The van der Waals surface area contributed by atoms with Crippen molar-refractivity contribution in [1.82, 2.24) is 20.0 Å². The van der Waals surface area contributed by atoms with Gasteiger partial charge in [-0.05, 0) is 39.8 Å². The van der Waals surface area contributed by atoms with Crippen molar-refractivity contribution >= 4 is 11.3 Å². The number of aromatic nitrogens is 3. The Morgan fingerprint density at radius 1 is 1.24 bits per heavy atom.